The molecule has 9 heteroatoms. The van der Waals surface area contributed by atoms with Crippen LogP contribution in [-0.2, 0) is 14.8 Å². The summed E-state index contributed by atoms with van der Waals surface area (Å²) in [4.78, 5) is 23.9. The molecule has 1 aromatic rings. The van der Waals surface area contributed by atoms with Crippen molar-refractivity contribution in [3.05, 3.63) is 29.8 Å². The van der Waals surface area contributed by atoms with E-state index in [-0.39, 0.29) is 5.91 Å². The average molecular weight is 389 g/mol. The largest absolute Gasteiger partial charge is 0.480 e. The molecule has 0 saturated heterocycles. The number of sulfonamides is 1. The van der Waals surface area contributed by atoms with Crippen molar-refractivity contribution in [2.45, 2.75) is 30.4 Å². The first-order valence-electron chi connectivity index (χ1n) is 7.88. The van der Waals surface area contributed by atoms with Gasteiger partial charge in [0.05, 0.1) is 11.8 Å². The lowest BCUT2D eigenvalue weighted by Crippen LogP contribution is -2.33. The SMILES string of the molecule is CCN(CCCNC(=O)c1ccccc1SC(C)C(=O)O)S(C)(=O)=O. The molecule has 1 atom stereocenters. The predicted octanol–water partition coefficient (Wildman–Crippen LogP) is 1.65. The van der Waals surface area contributed by atoms with Crippen LogP contribution in [0.15, 0.2) is 29.2 Å². The van der Waals surface area contributed by atoms with Gasteiger partial charge in [0, 0.05) is 24.5 Å². The van der Waals surface area contributed by atoms with Crippen molar-refractivity contribution in [1.82, 2.24) is 9.62 Å². The zero-order valence-corrected chi connectivity index (χ0v) is 16.2. The van der Waals surface area contributed by atoms with Crippen LogP contribution >= 0.6 is 11.8 Å². The van der Waals surface area contributed by atoms with Gasteiger partial charge in [0.25, 0.3) is 5.91 Å². The Morgan fingerprint density at radius 1 is 1.32 bits per heavy atom. The number of aliphatic carboxylic acids is 1. The number of hydrogen-bond acceptors (Lipinski definition) is 5. The second kappa shape index (κ2) is 9.79. The first-order valence-corrected chi connectivity index (χ1v) is 10.6. The standard InChI is InChI=1S/C16H24N2O5S2/c1-4-18(25(3,22)23)11-7-10-17-15(19)13-8-5-6-9-14(13)24-12(2)16(20)21/h5-6,8-9,12H,4,7,10-11H2,1-3H3,(H,17,19)(H,20,21). The lowest BCUT2D eigenvalue weighted by molar-refractivity contribution is -0.136. The molecule has 0 aliphatic heterocycles. The molecule has 0 saturated carbocycles. The van der Waals surface area contributed by atoms with E-state index in [0.717, 1.165) is 18.0 Å². The summed E-state index contributed by atoms with van der Waals surface area (Å²) in [5, 5.41) is 11.1. The summed E-state index contributed by atoms with van der Waals surface area (Å²) >= 11 is 1.11. The fraction of sp³-hybridized carbons (Fsp3) is 0.500. The van der Waals surface area contributed by atoms with E-state index in [9.17, 15) is 18.0 Å². The molecule has 1 unspecified atom stereocenters. The second-order valence-electron chi connectivity index (χ2n) is 5.46. The zero-order chi connectivity index (χ0) is 19.0. The number of amides is 1. The minimum Gasteiger partial charge on any atom is -0.480 e. The Morgan fingerprint density at radius 3 is 2.52 bits per heavy atom. The van der Waals surface area contributed by atoms with Gasteiger partial charge in [0.1, 0.15) is 5.25 Å². The van der Waals surface area contributed by atoms with Crippen LogP contribution in [0, 0.1) is 0 Å². The van der Waals surface area contributed by atoms with E-state index in [1.165, 1.54) is 4.31 Å². The summed E-state index contributed by atoms with van der Waals surface area (Å²) in [7, 11) is -3.23. The lowest BCUT2D eigenvalue weighted by atomic mass is 10.2. The first-order chi connectivity index (χ1) is 11.7. The summed E-state index contributed by atoms with van der Waals surface area (Å²) in [6.07, 6.45) is 1.65. The van der Waals surface area contributed by atoms with Gasteiger partial charge in [-0.2, -0.15) is 0 Å². The third-order valence-corrected chi connectivity index (χ3v) is 6.02. The van der Waals surface area contributed by atoms with E-state index in [4.69, 9.17) is 5.11 Å². The summed E-state index contributed by atoms with van der Waals surface area (Å²) in [5.74, 6) is -1.25. The van der Waals surface area contributed by atoms with Crippen LogP contribution < -0.4 is 5.32 Å². The number of carbonyl (C=O) groups excluding carboxylic acids is 1. The Bertz CT molecular complexity index is 706. The van der Waals surface area contributed by atoms with Crippen LogP contribution in [0.5, 0.6) is 0 Å². The maximum absolute atomic E-state index is 12.3. The number of carbonyl (C=O) groups is 2. The number of carboxylic acid groups (broad SMARTS) is 1. The Labute approximate surface area is 152 Å². The fourth-order valence-electron chi connectivity index (χ4n) is 2.11. The van der Waals surface area contributed by atoms with Gasteiger partial charge in [-0.05, 0) is 25.5 Å². The van der Waals surface area contributed by atoms with Crippen molar-refractivity contribution in [2.24, 2.45) is 0 Å². The van der Waals surface area contributed by atoms with Gasteiger partial charge in [0.15, 0.2) is 0 Å². The van der Waals surface area contributed by atoms with Crippen molar-refractivity contribution in [3.63, 3.8) is 0 Å². The summed E-state index contributed by atoms with van der Waals surface area (Å²) < 4.78 is 24.3. The Balaban J connectivity index is 2.62. The van der Waals surface area contributed by atoms with Gasteiger partial charge in [0.2, 0.25) is 10.0 Å². The molecule has 0 spiro atoms. The van der Waals surface area contributed by atoms with Crippen LogP contribution in [-0.4, -0.2) is 60.8 Å². The molecule has 0 radical (unpaired) electrons. The Hall–Kier alpha value is -1.58. The molecule has 140 valence electrons. The number of rotatable bonds is 10. The molecule has 0 aliphatic rings. The summed E-state index contributed by atoms with van der Waals surface area (Å²) in [5.41, 5.74) is 0.413. The van der Waals surface area contributed by atoms with E-state index >= 15 is 0 Å². The number of nitrogens with zero attached hydrogens (tertiary/aromatic N) is 1. The molecule has 0 bridgehead atoms. The molecule has 7 nitrogen and oxygen atoms in total. The third kappa shape index (κ3) is 7.05. The maximum atomic E-state index is 12.3. The van der Waals surface area contributed by atoms with Crippen molar-refractivity contribution in [3.8, 4) is 0 Å². The minimum absolute atomic E-state index is 0.303. The van der Waals surface area contributed by atoms with E-state index in [1.807, 2.05) is 0 Å². The topological polar surface area (TPSA) is 104 Å². The van der Waals surface area contributed by atoms with Crippen LogP contribution in [0.1, 0.15) is 30.6 Å². The van der Waals surface area contributed by atoms with E-state index in [1.54, 1.807) is 38.1 Å². The van der Waals surface area contributed by atoms with Crippen LogP contribution in [0.2, 0.25) is 0 Å². The van der Waals surface area contributed by atoms with Crippen molar-refractivity contribution in [2.75, 3.05) is 25.9 Å². The molecule has 25 heavy (non-hydrogen) atoms. The number of benzene rings is 1. The molecule has 1 amide bonds. The number of carboxylic acids is 1. The van der Waals surface area contributed by atoms with E-state index < -0.39 is 21.2 Å². The van der Waals surface area contributed by atoms with Crippen molar-refractivity contribution >= 4 is 33.7 Å². The number of nitrogens with one attached hydrogen (secondary N) is 1. The number of hydrogen-bond donors (Lipinski definition) is 2. The molecule has 1 rings (SSSR count). The quantitative estimate of drug-likeness (QED) is 0.467. The van der Waals surface area contributed by atoms with Gasteiger partial charge in [-0.1, -0.05) is 19.1 Å². The van der Waals surface area contributed by atoms with Gasteiger partial charge >= 0.3 is 5.97 Å². The molecular formula is C16H24N2O5S2. The Morgan fingerprint density at radius 2 is 1.96 bits per heavy atom. The highest BCUT2D eigenvalue weighted by Gasteiger charge is 2.18. The predicted molar refractivity (Wildman–Crippen MR) is 98.4 cm³/mol. The van der Waals surface area contributed by atoms with Gasteiger partial charge in [-0.3, -0.25) is 9.59 Å². The van der Waals surface area contributed by atoms with Crippen LogP contribution in [0.3, 0.4) is 0 Å². The lowest BCUT2D eigenvalue weighted by Gasteiger charge is -2.17. The zero-order valence-electron chi connectivity index (χ0n) is 14.6. The summed E-state index contributed by atoms with van der Waals surface area (Å²) in [6.45, 7) is 4.38. The molecule has 2 N–H and O–H groups in total. The van der Waals surface area contributed by atoms with Crippen LogP contribution in [0.25, 0.3) is 0 Å². The van der Waals surface area contributed by atoms with Gasteiger partial charge < -0.3 is 10.4 Å². The summed E-state index contributed by atoms with van der Waals surface area (Å²) in [6, 6.07) is 6.81. The maximum Gasteiger partial charge on any atom is 0.316 e. The fourth-order valence-corrected chi connectivity index (χ4v) is 3.97. The highest BCUT2D eigenvalue weighted by Crippen LogP contribution is 2.26. The third-order valence-electron chi connectivity index (χ3n) is 3.47. The van der Waals surface area contributed by atoms with Gasteiger partial charge in [-0.25, -0.2) is 12.7 Å². The van der Waals surface area contributed by atoms with Crippen LogP contribution in [0.4, 0.5) is 0 Å². The van der Waals surface area contributed by atoms with Gasteiger partial charge in [-0.15, -0.1) is 11.8 Å². The highest BCUT2D eigenvalue weighted by molar-refractivity contribution is 8.00. The minimum atomic E-state index is -3.23. The van der Waals surface area contributed by atoms with Crippen molar-refractivity contribution in [1.29, 1.82) is 0 Å². The van der Waals surface area contributed by atoms with Crippen molar-refractivity contribution < 1.29 is 23.1 Å². The normalized spacial score (nSPS) is 12.8. The smallest absolute Gasteiger partial charge is 0.316 e. The molecule has 0 heterocycles. The first kappa shape index (κ1) is 21.5. The molecule has 0 fully saturated rings. The number of thioether (sulfide) groups is 1. The monoisotopic (exact) mass is 388 g/mol. The molecule has 0 aromatic heterocycles. The molecule has 0 aliphatic carbocycles. The second-order valence-corrected chi connectivity index (χ2v) is 8.82. The Kier molecular flexibility index (Phi) is 8.40. The highest BCUT2D eigenvalue weighted by atomic mass is 32.2. The molecule has 1 aromatic carbocycles. The van der Waals surface area contributed by atoms with E-state index in [2.05, 4.69) is 5.32 Å². The van der Waals surface area contributed by atoms with E-state index in [0.29, 0.717) is 36.5 Å². The molecular weight excluding hydrogens is 364 g/mol. The average Bonchev–Trinajstić information content (AvgIpc) is 2.53.